The van der Waals surface area contributed by atoms with E-state index in [9.17, 15) is 0 Å². The predicted molar refractivity (Wildman–Crippen MR) is 112 cm³/mol. The Hall–Kier alpha value is -2.53. The SMILES string of the molecule is CC(C)Oc1ccc(NC(N)=NCC(c2ccccc2)N2CCCC2)cc1. The lowest BCUT2D eigenvalue weighted by Gasteiger charge is -2.26. The number of aliphatic imine (C=N–C) groups is 1. The number of nitrogens with one attached hydrogen (secondary N) is 1. The van der Waals surface area contributed by atoms with Crippen molar-refractivity contribution in [3.63, 3.8) is 0 Å². The van der Waals surface area contributed by atoms with Crippen molar-refractivity contribution in [1.82, 2.24) is 4.90 Å². The average Bonchev–Trinajstić information content (AvgIpc) is 3.18. The highest BCUT2D eigenvalue weighted by Crippen LogP contribution is 2.25. The largest absolute Gasteiger partial charge is 0.491 e. The number of nitrogens with two attached hydrogens (primary N) is 1. The fraction of sp³-hybridized carbons (Fsp3) is 0.409. The summed E-state index contributed by atoms with van der Waals surface area (Å²) in [6.45, 7) is 6.93. The van der Waals surface area contributed by atoms with Crippen LogP contribution in [0.4, 0.5) is 5.69 Å². The molecule has 5 nitrogen and oxygen atoms in total. The zero-order chi connectivity index (χ0) is 19.1. The lowest BCUT2D eigenvalue weighted by atomic mass is 10.1. The molecular formula is C22H30N4O. The summed E-state index contributed by atoms with van der Waals surface area (Å²) in [5, 5.41) is 3.17. The molecule has 5 heteroatoms. The highest BCUT2D eigenvalue weighted by atomic mass is 16.5. The molecule has 0 spiro atoms. The smallest absolute Gasteiger partial charge is 0.193 e. The molecule has 3 rings (SSSR count). The minimum absolute atomic E-state index is 0.163. The quantitative estimate of drug-likeness (QED) is 0.573. The molecule has 2 aromatic rings. The third-order valence-electron chi connectivity index (χ3n) is 4.70. The van der Waals surface area contributed by atoms with Crippen LogP contribution in [0.15, 0.2) is 59.6 Å². The fourth-order valence-electron chi connectivity index (χ4n) is 3.42. The van der Waals surface area contributed by atoms with E-state index in [2.05, 4.69) is 45.5 Å². The van der Waals surface area contributed by atoms with Gasteiger partial charge in [-0.2, -0.15) is 0 Å². The lowest BCUT2D eigenvalue weighted by molar-refractivity contribution is 0.242. The number of likely N-dealkylation sites (tertiary alicyclic amines) is 1. The first kappa shape index (κ1) is 19.2. The van der Waals surface area contributed by atoms with Crippen molar-refractivity contribution < 1.29 is 4.74 Å². The van der Waals surface area contributed by atoms with Gasteiger partial charge in [0.15, 0.2) is 5.96 Å². The molecule has 27 heavy (non-hydrogen) atoms. The molecule has 0 bridgehead atoms. The number of anilines is 1. The van der Waals surface area contributed by atoms with E-state index in [-0.39, 0.29) is 12.1 Å². The van der Waals surface area contributed by atoms with Gasteiger partial charge in [0, 0.05) is 5.69 Å². The van der Waals surface area contributed by atoms with Gasteiger partial charge in [-0.1, -0.05) is 30.3 Å². The zero-order valence-electron chi connectivity index (χ0n) is 16.3. The molecule has 1 saturated heterocycles. The number of nitrogens with zero attached hydrogens (tertiary/aromatic N) is 2. The molecule has 0 aromatic heterocycles. The van der Waals surface area contributed by atoms with E-state index >= 15 is 0 Å². The maximum atomic E-state index is 6.14. The molecule has 0 radical (unpaired) electrons. The Kier molecular flexibility index (Phi) is 6.71. The second-order valence-electron chi connectivity index (χ2n) is 7.21. The van der Waals surface area contributed by atoms with E-state index < -0.39 is 0 Å². The van der Waals surface area contributed by atoms with E-state index in [1.165, 1.54) is 18.4 Å². The molecule has 1 heterocycles. The van der Waals surface area contributed by atoms with Crippen LogP contribution in [-0.2, 0) is 0 Å². The number of guanidine groups is 1. The van der Waals surface area contributed by atoms with Crippen molar-refractivity contribution in [2.24, 2.45) is 10.7 Å². The standard InChI is InChI=1S/C22H30N4O/c1-17(2)27-20-12-10-19(11-13-20)25-22(23)24-16-21(26-14-6-7-15-26)18-8-4-3-5-9-18/h3-5,8-13,17,21H,6-7,14-16H2,1-2H3,(H3,23,24,25). The summed E-state index contributed by atoms with van der Waals surface area (Å²) in [7, 11) is 0. The number of benzene rings is 2. The van der Waals surface area contributed by atoms with Crippen molar-refractivity contribution in [3.05, 3.63) is 60.2 Å². The first-order valence-electron chi connectivity index (χ1n) is 9.74. The Bertz CT molecular complexity index is 722. The van der Waals surface area contributed by atoms with Gasteiger partial charge in [-0.25, -0.2) is 0 Å². The van der Waals surface area contributed by atoms with Gasteiger partial charge in [-0.15, -0.1) is 0 Å². The molecule has 0 aliphatic carbocycles. The van der Waals surface area contributed by atoms with Gasteiger partial charge in [0.05, 0.1) is 18.7 Å². The summed E-state index contributed by atoms with van der Waals surface area (Å²) < 4.78 is 5.66. The van der Waals surface area contributed by atoms with Gasteiger partial charge >= 0.3 is 0 Å². The van der Waals surface area contributed by atoms with Crippen LogP contribution in [0.1, 0.15) is 38.3 Å². The van der Waals surface area contributed by atoms with Gasteiger partial charge in [-0.3, -0.25) is 9.89 Å². The van der Waals surface area contributed by atoms with E-state index in [0.29, 0.717) is 12.5 Å². The Labute approximate surface area is 162 Å². The molecule has 0 saturated carbocycles. The zero-order valence-corrected chi connectivity index (χ0v) is 16.3. The van der Waals surface area contributed by atoms with E-state index in [1.807, 2.05) is 38.1 Å². The topological polar surface area (TPSA) is 62.9 Å². The van der Waals surface area contributed by atoms with Crippen LogP contribution in [0.3, 0.4) is 0 Å². The number of hydrogen-bond donors (Lipinski definition) is 2. The van der Waals surface area contributed by atoms with E-state index in [4.69, 9.17) is 10.5 Å². The summed E-state index contributed by atoms with van der Waals surface area (Å²) in [5.41, 5.74) is 8.34. The Morgan fingerprint density at radius 2 is 1.74 bits per heavy atom. The van der Waals surface area contributed by atoms with Crippen molar-refractivity contribution in [2.45, 2.75) is 38.8 Å². The number of hydrogen-bond acceptors (Lipinski definition) is 3. The van der Waals surface area contributed by atoms with Crippen LogP contribution >= 0.6 is 0 Å². The van der Waals surface area contributed by atoms with Gasteiger partial charge < -0.3 is 15.8 Å². The van der Waals surface area contributed by atoms with Crippen LogP contribution in [-0.4, -0.2) is 36.6 Å². The van der Waals surface area contributed by atoms with Gasteiger partial charge in [0.1, 0.15) is 5.75 Å². The summed E-state index contributed by atoms with van der Waals surface area (Å²) in [5.74, 6) is 1.29. The number of rotatable bonds is 7. The Balaban J connectivity index is 1.63. The van der Waals surface area contributed by atoms with Crippen LogP contribution < -0.4 is 15.8 Å². The van der Waals surface area contributed by atoms with E-state index in [1.54, 1.807) is 0 Å². The highest BCUT2D eigenvalue weighted by molar-refractivity contribution is 5.92. The van der Waals surface area contributed by atoms with Gasteiger partial charge in [0.2, 0.25) is 0 Å². The lowest BCUT2D eigenvalue weighted by Crippen LogP contribution is -2.30. The van der Waals surface area contributed by atoms with Crippen LogP contribution in [0.2, 0.25) is 0 Å². The average molecular weight is 367 g/mol. The monoisotopic (exact) mass is 366 g/mol. The molecule has 2 aromatic carbocycles. The van der Waals surface area contributed by atoms with E-state index in [0.717, 1.165) is 24.5 Å². The molecule has 1 aliphatic rings. The first-order chi connectivity index (χ1) is 13.1. The van der Waals surface area contributed by atoms with Crippen LogP contribution in [0.25, 0.3) is 0 Å². The third kappa shape index (κ3) is 5.73. The maximum Gasteiger partial charge on any atom is 0.193 e. The van der Waals surface area contributed by atoms with Gasteiger partial charge in [0.25, 0.3) is 0 Å². The second kappa shape index (κ2) is 9.42. The Morgan fingerprint density at radius 3 is 2.37 bits per heavy atom. The van der Waals surface area contributed by atoms with Crippen molar-refractivity contribution in [3.8, 4) is 5.75 Å². The highest BCUT2D eigenvalue weighted by Gasteiger charge is 2.23. The third-order valence-corrected chi connectivity index (χ3v) is 4.70. The minimum atomic E-state index is 0.163. The van der Waals surface area contributed by atoms with Crippen molar-refractivity contribution in [2.75, 3.05) is 25.0 Å². The van der Waals surface area contributed by atoms with Crippen molar-refractivity contribution >= 4 is 11.6 Å². The molecule has 1 atom stereocenters. The summed E-state index contributed by atoms with van der Waals surface area (Å²) in [4.78, 5) is 7.13. The molecule has 1 fully saturated rings. The molecule has 1 aliphatic heterocycles. The second-order valence-corrected chi connectivity index (χ2v) is 7.21. The van der Waals surface area contributed by atoms with Crippen LogP contribution in [0.5, 0.6) is 5.75 Å². The van der Waals surface area contributed by atoms with Crippen molar-refractivity contribution in [1.29, 1.82) is 0 Å². The summed E-state index contributed by atoms with van der Waals surface area (Å²) in [6.07, 6.45) is 2.67. The fourth-order valence-corrected chi connectivity index (χ4v) is 3.42. The van der Waals surface area contributed by atoms with Crippen LogP contribution in [0, 0.1) is 0 Å². The maximum absolute atomic E-state index is 6.14. The molecule has 3 N–H and O–H groups in total. The molecule has 144 valence electrons. The molecule has 0 amide bonds. The summed E-state index contributed by atoms with van der Waals surface area (Å²) >= 11 is 0. The first-order valence-corrected chi connectivity index (χ1v) is 9.74. The molecular weight excluding hydrogens is 336 g/mol. The number of ether oxygens (including phenoxy) is 1. The van der Waals surface area contributed by atoms with Gasteiger partial charge in [-0.05, 0) is 69.6 Å². The normalized spacial score (nSPS) is 16.5. The Morgan fingerprint density at radius 1 is 1.07 bits per heavy atom. The summed E-state index contributed by atoms with van der Waals surface area (Å²) in [6, 6.07) is 18.6. The predicted octanol–water partition coefficient (Wildman–Crippen LogP) is 4.04. The minimum Gasteiger partial charge on any atom is -0.491 e. The molecule has 1 unspecified atom stereocenters.